The van der Waals surface area contributed by atoms with Gasteiger partial charge in [0.1, 0.15) is 12.9 Å². The van der Waals surface area contributed by atoms with Gasteiger partial charge in [0.2, 0.25) is 0 Å². The zero-order valence-corrected chi connectivity index (χ0v) is 9.50. The third-order valence-electron chi connectivity index (χ3n) is 2.15. The molecule has 1 rings (SSSR count). The van der Waals surface area contributed by atoms with Crippen LogP contribution in [0.1, 0.15) is 32.1 Å². The molecular weight excluding hydrogens is 198 g/mol. The predicted molar refractivity (Wildman–Crippen MR) is 58.3 cm³/mol. The highest BCUT2D eigenvalue weighted by Gasteiger charge is 2.09. The largest absolute Gasteiger partial charge is 0.388 e. The van der Waals surface area contributed by atoms with Gasteiger partial charge in [-0.2, -0.15) is 11.8 Å². The lowest BCUT2D eigenvalue weighted by molar-refractivity contribution is 0.260. The number of nitrogens with zero attached hydrogens (tertiary/aromatic N) is 3. The second-order valence-corrected chi connectivity index (χ2v) is 4.54. The molecule has 5 heteroatoms. The van der Waals surface area contributed by atoms with Crippen LogP contribution in [-0.4, -0.2) is 31.4 Å². The Morgan fingerprint density at radius 3 is 3.07 bits per heavy atom. The van der Waals surface area contributed by atoms with Crippen LogP contribution in [0, 0.1) is 0 Å². The molecule has 0 spiro atoms. The first-order chi connectivity index (χ1) is 6.79. The summed E-state index contributed by atoms with van der Waals surface area (Å²) in [5.74, 6) is 2.95. The molecule has 0 aliphatic carbocycles. The number of hydrogen-bond donors (Lipinski definition) is 1. The number of aromatic nitrogens is 3. The predicted octanol–water partition coefficient (Wildman–Crippen LogP) is 1.47. The Morgan fingerprint density at radius 1 is 1.64 bits per heavy atom. The minimum absolute atomic E-state index is 0.0364. The minimum Gasteiger partial charge on any atom is -0.388 e. The Balaban J connectivity index is 2.47. The van der Waals surface area contributed by atoms with Crippen LogP contribution in [0.15, 0.2) is 6.33 Å². The molecule has 0 bridgehead atoms. The fourth-order valence-electron chi connectivity index (χ4n) is 1.29. The Morgan fingerprint density at radius 2 is 2.43 bits per heavy atom. The topological polar surface area (TPSA) is 50.9 Å². The molecule has 1 unspecified atom stereocenters. The molecule has 0 aliphatic rings. The third kappa shape index (κ3) is 2.99. The lowest BCUT2D eigenvalue weighted by atomic mass is 10.2. The minimum atomic E-state index is -0.0364. The van der Waals surface area contributed by atoms with Crippen molar-refractivity contribution in [3.63, 3.8) is 0 Å². The van der Waals surface area contributed by atoms with Crippen molar-refractivity contribution in [2.45, 2.75) is 32.9 Å². The zero-order valence-electron chi connectivity index (χ0n) is 8.68. The Labute approximate surface area is 88.7 Å². The molecule has 1 heterocycles. The van der Waals surface area contributed by atoms with E-state index in [1.807, 2.05) is 16.3 Å². The number of aliphatic hydroxyl groups excluding tert-OH is 1. The van der Waals surface area contributed by atoms with Crippen molar-refractivity contribution < 1.29 is 5.11 Å². The highest BCUT2D eigenvalue weighted by molar-refractivity contribution is 7.99. The molecule has 0 saturated heterocycles. The van der Waals surface area contributed by atoms with E-state index in [1.165, 1.54) is 0 Å². The quantitative estimate of drug-likeness (QED) is 0.730. The molecule has 4 nitrogen and oxygen atoms in total. The summed E-state index contributed by atoms with van der Waals surface area (Å²) in [7, 11) is 0. The zero-order chi connectivity index (χ0) is 10.4. The van der Waals surface area contributed by atoms with Crippen molar-refractivity contribution in [3.8, 4) is 0 Å². The maximum atomic E-state index is 9.00. The Bertz CT molecular complexity index is 264. The van der Waals surface area contributed by atoms with E-state index in [0.717, 1.165) is 17.9 Å². The molecule has 0 amide bonds. The van der Waals surface area contributed by atoms with E-state index in [-0.39, 0.29) is 6.61 Å². The summed E-state index contributed by atoms with van der Waals surface area (Å²) in [6.45, 7) is 4.25. The maximum Gasteiger partial charge on any atom is 0.158 e. The summed E-state index contributed by atoms with van der Waals surface area (Å²) in [6.07, 6.45) is 2.77. The van der Waals surface area contributed by atoms with Gasteiger partial charge < -0.3 is 9.67 Å². The smallest absolute Gasteiger partial charge is 0.158 e. The van der Waals surface area contributed by atoms with Crippen LogP contribution in [0.2, 0.25) is 0 Å². The Hall–Kier alpha value is -0.550. The SMILES string of the molecule is CCSCCC(C)n1cnnc1CO. The first-order valence-corrected chi connectivity index (χ1v) is 6.02. The highest BCUT2D eigenvalue weighted by atomic mass is 32.2. The molecule has 0 fully saturated rings. The van der Waals surface area contributed by atoms with E-state index in [0.29, 0.717) is 11.9 Å². The first-order valence-electron chi connectivity index (χ1n) is 4.86. The van der Waals surface area contributed by atoms with E-state index in [9.17, 15) is 0 Å². The standard InChI is InChI=1S/C9H17N3OS/c1-3-14-5-4-8(2)12-7-10-11-9(12)6-13/h7-8,13H,3-6H2,1-2H3. The number of rotatable bonds is 6. The molecule has 1 aromatic rings. The van der Waals surface area contributed by atoms with Gasteiger partial charge in [-0.05, 0) is 24.9 Å². The molecule has 0 radical (unpaired) electrons. The van der Waals surface area contributed by atoms with Crippen molar-refractivity contribution in [3.05, 3.63) is 12.2 Å². The molecule has 0 aliphatic heterocycles. The lowest BCUT2D eigenvalue weighted by Crippen LogP contribution is -2.09. The van der Waals surface area contributed by atoms with Crippen molar-refractivity contribution in [2.24, 2.45) is 0 Å². The molecule has 0 aromatic carbocycles. The van der Waals surface area contributed by atoms with E-state index >= 15 is 0 Å². The molecule has 1 atom stereocenters. The van der Waals surface area contributed by atoms with Crippen molar-refractivity contribution in [1.29, 1.82) is 0 Å². The van der Waals surface area contributed by atoms with Gasteiger partial charge in [0.15, 0.2) is 5.82 Å². The van der Waals surface area contributed by atoms with Gasteiger partial charge in [-0.1, -0.05) is 6.92 Å². The summed E-state index contributed by atoms with van der Waals surface area (Å²) in [6, 6.07) is 0.367. The van der Waals surface area contributed by atoms with E-state index in [4.69, 9.17) is 5.11 Å². The second kappa shape index (κ2) is 6.03. The maximum absolute atomic E-state index is 9.00. The van der Waals surface area contributed by atoms with Crippen molar-refractivity contribution in [1.82, 2.24) is 14.8 Å². The van der Waals surface area contributed by atoms with Gasteiger partial charge in [-0.15, -0.1) is 10.2 Å². The first kappa shape index (κ1) is 11.5. The number of thioether (sulfide) groups is 1. The fraction of sp³-hybridized carbons (Fsp3) is 0.778. The normalized spacial score (nSPS) is 13.1. The van der Waals surface area contributed by atoms with Crippen LogP contribution < -0.4 is 0 Å². The van der Waals surface area contributed by atoms with Crippen molar-refractivity contribution >= 4 is 11.8 Å². The summed E-state index contributed by atoms with van der Waals surface area (Å²) in [4.78, 5) is 0. The average Bonchev–Trinajstić information content (AvgIpc) is 2.65. The van der Waals surface area contributed by atoms with Crippen LogP contribution in [0.3, 0.4) is 0 Å². The van der Waals surface area contributed by atoms with Crippen molar-refractivity contribution in [2.75, 3.05) is 11.5 Å². The van der Waals surface area contributed by atoms with E-state index in [2.05, 4.69) is 24.0 Å². The Kier molecular flexibility index (Phi) is 4.97. The lowest BCUT2D eigenvalue weighted by Gasteiger charge is -2.13. The molecular formula is C9H17N3OS. The van der Waals surface area contributed by atoms with Gasteiger partial charge in [0.25, 0.3) is 0 Å². The highest BCUT2D eigenvalue weighted by Crippen LogP contribution is 2.15. The van der Waals surface area contributed by atoms with Gasteiger partial charge >= 0.3 is 0 Å². The molecule has 14 heavy (non-hydrogen) atoms. The van der Waals surface area contributed by atoms with Gasteiger partial charge in [-0.25, -0.2) is 0 Å². The van der Waals surface area contributed by atoms with E-state index in [1.54, 1.807) is 6.33 Å². The summed E-state index contributed by atoms with van der Waals surface area (Å²) < 4.78 is 1.94. The fourth-order valence-corrected chi connectivity index (χ4v) is 2.08. The summed E-state index contributed by atoms with van der Waals surface area (Å²) >= 11 is 1.93. The summed E-state index contributed by atoms with van der Waals surface area (Å²) in [5, 5.41) is 16.6. The summed E-state index contributed by atoms with van der Waals surface area (Å²) in [5.41, 5.74) is 0. The van der Waals surface area contributed by atoms with Crippen LogP contribution in [-0.2, 0) is 6.61 Å². The van der Waals surface area contributed by atoms with Crippen LogP contribution in [0.4, 0.5) is 0 Å². The van der Waals surface area contributed by atoms with Gasteiger partial charge in [0.05, 0.1) is 0 Å². The average molecular weight is 215 g/mol. The van der Waals surface area contributed by atoms with Gasteiger partial charge in [0, 0.05) is 6.04 Å². The third-order valence-corrected chi connectivity index (χ3v) is 3.08. The molecule has 0 saturated carbocycles. The van der Waals surface area contributed by atoms with E-state index < -0.39 is 0 Å². The van der Waals surface area contributed by atoms with Crippen LogP contribution >= 0.6 is 11.8 Å². The number of hydrogen-bond acceptors (Lipinski definition) is 4. The molecule has 80 valence electrons. The van der Waals surface area contributed by atoms with Crippen LogP contribution in [0.5, 0.6) is 0 Å². The monoisotopic (exact) mass is 215 g/mol. The van der Waals surface area contributed by atoms with Gasteiger partial charge in [-0.3, -0.25) is 0 Å². The molecule has 1 N–H and O–H groups in total. The van der Waals surface area contributed by atoms with Crippen LogP contribution in [0.25, 0.3) is 0 Å². The number of aliphatic hydroxyl groups is 1. The second-order valence-electron chi connectivity index (χ2n) is 3.15. The molecule has 1 aromatic heterocycles.